The number of hydrogen-bond donors (Lipinski definition) is 2. The van der Waals surface area contributed by atoms with Gasteiger partial charge in [0.25, 0.3) is 0 Å². The molecular formula is C20H19BrClN3O. The van der Waals surface area contributed by atoms with Gasteiger partial charge in [-0.25, -0.2) is 4.79 Å². The fourth-order valence-corrected chi connectivity index (χ4v) is 3.35. The van der Waals surface area contributed by atoms with Crippen molar-refractivity contribution in [2.45, 2.75) is 20.4 Å². The summed E-state index contributed by atoms with van der Waals surface area (Å²) < 4.78 is 3.10. The summed E-state index contributed by atoms with van der Waals surface area (Å²) in [5, 5.41) is 6.43. The predicted molar refractivity (Wildman–Crippen MR) is 110 cm³/mol. The number of rotatable bonds is 4. The first kappa shape index (κ1) is 18.5. The van der Waals surface area contributed by atoms with E-state index in [0.29, 0.717) is 11.6 Å². The minimum Gasteiger partial charge on any atom is -0.334 e. The van der Waals surface area contributed by atoms with Gasteiger partial charge in [0.1, 0.15) is 0 Å². The van der Waals surface area contributed by atoms with Gasteiger partial charge in [0, 0.05) is 38.8 Å². The minimum absolute atomic E-state index is 0.236. The van der Waals surface area contributed by atoms with Crippen molar-refractivity contribution in [1.82, 2.24) is 9.88 Å². The second-order valence-corrected chi connectivity index (χ2v) is 7.38. The zero-order chi connectivity index (χ0) is 18.7. The third-order valence-corrected chi connectivity index (χ3v) is 4.91. The van der Waals surface area contributed by atoms with Crippen molar-refractivity contribution in [2.24, 2.45) is 0 Å². The first-order valence-electron chi connectivity index (χ1n) is 8.18. The van der Waals surface area contributed by atoms with E-state index in [4.69, 9.17) is 11.6 Å². The molecule has 3 aromatic rings. The quantitative estimate of drug-likeness (QED) is 0.535. The second kappa shape index (κ2) is 7.98. The molecule has 0 spiro atoms. The zero-order valence-electron chi connectivity index (χ0n) is 14.5. The number of carbonyl (C=O) groups excluding carboxylic acids is 1. The van der Waals surface area contributed by atoms with Gasteiger partial charge in [0.05, 0.1) is 0 Å². The Morgan fingerprint density at radius 1 is 1.12 bits per heavy atom. The minimum atomic E-state index is -0.236. The highest BCUT2D eigenvalue weighted by Gasteiger charge is 2.12. The number of halogens is 2. The van der Waals surface area contributed by atoms with E-state index >= 15 is 0 Å². The van der Waals surface area contributed by atoms with Crippen molar-refractivity contribution in [2.75, 3.05) is 5.32 Å². The van der Waals surface area contributed by atoms with E-state index in [9.17, 15) is 4.79 Å². The molecule has 0 aliphatic rings. The molecule has 6 heteroatoms. The third-order valence-electron chi connectivity index (χ3n) is 4.14. The second-order valence-electron chi connectivity index (χ2n) is 6.03. The van der Waals surface area contributed by atoms with Crippen molar-refractivity contribution in [3.05, 3.63) is 81.0 Å². The lowest BCUT2D eigenvalue weighted by molar-refractivity contribution is 0.251. The fourth-order valence-electron chi connectivity index (χ4n) is 2.90. The first-order valence-corrected chi connectivity index (χ1v) is 9.35. The van der Waals surface area contributed by atoms with Crippen LogP contribution in [0.15, 0.2) is 59.1 Å². The highest BCUT2D eigenvalue weighted by molar-refractivity contribution is 9.10. The molecule has 0 saturated carbocycles. The van der Waals surface area contributed by atoms with Crippen molar-refractivity contribution >= 4 is 39.2 Å². The number of nitrogens with one attached hydrogen (secondary N) is 2. The Kier molecular flexibility index (Phi) is 5.69. The van der Waals surface area contributed by atoms with Crippen LogP contribution >= 0.6 is 27.5 Å². The molecule has 134 valence electrons. The van der Waals surface area contributed by atoms with E-state index in [1.165, 1.54) is 0 Å². The van der Waals surface area contributed by atoms with Crippen LogP contribution in [0.3, 0.4) is 0 Å². The van der Waals surface area contributed by atoms with Crippen LogP contribution in [0, 0.1) is 13.8 Å². The molecule has 1 aromatic heterocycles. The number of anilines is 1. The van der Waals surface area contributed by atoms with Crippen LogP contribution in [0.4, 0.5) is 10.5 Å². The van der Waals surface area contributed by atoms with Crippen LogP contribution in [0.25, 0.3) is 5.69 Å². The van der Waals surface area contributed by atoms with E-state index in [1.807, 2.05) is 62.4 Å². The number of amides is 2. The largest absolute Gasteiger partial charge is 0.334 e. The summed E-state index contributed by atoms with van der Waals surface area (Å²) in [6, 6.07) is 17.0. The maximum atomic E-state index is 12.1. The van der Waals surface area contributed by atoms with E-state index in [1.54, 1.807) is 0 Å². The summed E-state index contributed by atoms with van der Waals surface area (Å²) in [6.07, 6.45) is 0. The van der Waals surface area contributed by atoms with Crippen molar-refractivity contribution in [3.8, 4) is 5.69 Å². The van der Waals surface area contributed by atoms with Gasteiger partial charge in [-0.1, -0.05) is 33.6 Å². The van der Waals surface area contributed by atoms with Gasteiger partial charge in [-0.3, -0.25) is 0 Å². The van der Waals surface area contributed by atoms with Crippen LogP contribution < -0.4 is 10.6 Å². The van der Waals surface area contributed by atoms with E-state index in [-0.39, 0.29) is 6.03 Å². The summed E-state index contributed by atoms with van der Waals surface area (Å²) in [7, 11) is 0. The lowest BCUT2D eigenvalue weighted by atomic mass is 10.2. The Bertz CT molecular complexity index is 935. The SMILES string of the molecule is Cc1cc(CNC(=O)Nc2ccc(Br)cc2)c(C)n1-c1cccc(Cl)c1. The van der Waals surface area contributed by atoms with E-state index in [0.717, 1.165) is 32.8 Å². The molecule has 0 atom stereocenters. The molecule has 0 fully saturated rings. The molecule has 2 N–H and O–H groups in total. The number of carbonyl (C=O) groups is 1. The Labute approximate surface area is 166 Å². The summed E-state index contributed by atoms with van der Waals surface area (Å²) in [6.45, 7) is 4.53. The van der Waals surface area contributed by atoms with Gasteiger partial charge in [-0.05, 0) is 67.9 Å². The maximum Gasteiger partial charge on any atom is 0.319 e. The molecule has 0 unspecified atom stereocenters. The van der Waals surface area contributed by atoms with E-state index in [2.05, 4.69) is 37.2 Å². The Morgan fingerprint density at radius 3 is 2.54 bits per heavy atom. The molecule has 0 radical (unpaired) electrons. The molecule has 3 rings (SSSR count). The summed E-state index contributed by atoms with van der Waals surface area (Å²) in [4.78, 5) is 12.1. The number of aromatic nitrogens is 1. The average Bonchev–Trinajstić information content (AvgIpc) is 2.89. The van der Waals surface area contributed by atoms with Gasteiger partial charge < -0.3 is 15.2 Å². The van der Waals surface area contributed by atoms with Crippen LogP contribution in [0.2, 0.25) is 5.02 Å². The Balaban J connectivity index is 1.70. The molecule has 2 amide bonds. The first-order chi connectivity index (χ1) is 12.4. The summed E-state index contributed by atoms with van der Waals surface area (Å²) >= 11 is 9.49. The highest BCUT2D eigenvalue weighted by Crippen LogP contribution is 2.23. The smallest absolute Gasteiger partial charge is 0.319 e. The van der Waals surface area contributed by atoms with Crippen molar-refractivity contribution < 1.29 is 4.79 Å². The fraction of sp³-hybridized carbons (Fsp3) is 0.150. The standard InChI is InChI=1S/C20H19BrClN3O/c1-13-10-15(14(2)25(13)19-5-3-4-17(22)11-19)12-23-20(26)24-18-8-6-16(21)7-9-18/h3-11H,12H2,1-2H3,(H2,23,24,26). The molecule has 0 saturated heterocycles. The molecule has 0 aliphatic carbocycles. The maximum absolute atomic E-state index is 12.1. The topological polar surface area (TPSA) is 46.1 Å². The van der Waals surface area contributed by atoms with Gasteiger partial charge in [-0.15, -0.1) is 0 Å². The number of benzene rings is 2. The Hall–Kier alpha value is -2.24. The number of nitrogens with zero attached hydrogens (tertiary/aromatic N) is 1. The summed E-state index contributed by atoms with van der Waals surface area (Å²) in [5.74, 6) is 0. The zero-order valence-corrected chi connectivity index (χ0v) is 16.9. The average molecular weight is 433 g/mol. The molecule has 26 heavy (non-hydrogen) atoms. The van der Waals surface area contributed by atoms with Crippen molar-refractivity contribution in [3.63, 3.8) is 0 Å². The van der Waals surface area contributed by atoms with Gasteiger partial charge in [0.2, 0.25) is 0 Å². The molecule has 1 heterocycles. The van der Waals surface area contributed by atoms with Crippen LogP contribution in [-0.2, 0) is 6.54 Å². The lowest BCUT2D eigenvalue weighted by Gasteiger charge is -2.11. The van der Waals surface area contributed by atoms with Crippen molar-refractivity contribution in [1.29, 1.82) is 0 Å². The monoisotopic (exact) mass is 431 g/mol. The molecule has 0 bridgehead atoms. The predicted octanol–water partition coefficient (Wildman–Crippen LogP) is 5.83. The van der Waals surface area contributed by atoms with Crippen LogP contribution in [0.5, 0.6) is 0 Å². The van der Waals surface area contributed by atoms with Gasteiger partial charge in [-0.2, -0.15) is 0 Å². The number of urea groups is 1. The number of aryl methyl sites for hydroxylation is 1. The van der Waals surface area contributed by atoms with Crippen LogP contribution in [-0.4, -0.2) is 10.6 Å². The molecule has 4 nitrogen and oxygen atoms in total. The Morgan fingerprint density at radius 2 is 1.85 bits per heavy atom. The number of hydrogen-bond acceptors (Lipinski definition) is 1. The van der Waals surface area contributed by atoms with E-state index < -0.39 is 0 Å². The molecule has 0 aliphatic heterocycles. The third kappa shape index (κ3) is 4.29. The molecular weight excluding hydrogens is 414 g/mol. The summed E-state index contributed by atoms with van der Waals surface area (Å²) in [5.41, 5.74) is 4.99. The van der Waals surface area contributed by atoms with Gasteiger partial charge >= 0.3 is 6.03 Å². The van der Waals surface area contributed by atoms with Crippen LogP contribution in [0.1, 0.15) is 17.0 Å². The van der Waals surface area contributed by atoms with Gasteiger partial charge in [0.15, 0.2) is 0 Å². The lowest BCUT2D eigenvalue weighted by Crippen LogP contribution is -2.28. The molecule has 2 aromatic carbocycles. The normalized spacial score (nSPS) is 10.6. The highest BCUT2D eigenvalue weighted by atomic mass is 79.9.